The van der Waals surface area contributed by atoms with Crippen LogP contribution in [0.2, 0.25) is 0 Å². The molecule has 0 spiro atoms. The van der Waals surface area contributed by atoms with Crippen molar-refractivity contribution in [3.63, 3.8) is 0 Å². The zero-order valence-corrected chi connectivity index (χ0v) is 9.72. The first-order chi connectivity index (χ1) is 7.35. The lowest BCUT2D eigenvalue weighted by Gasteiger charge is -2.26. The molecule has 0 amide bonds. The summed E-state index contributed by atoms with van der Waals surface area (Å²) >= 11 is 1.68. The predicted octanol–water partition coefficient (Wildman–Crippen LogP) is 1.79. The average Bonchev–Trinajstić information content (AvgIpc) is 2.89. The Bertz CT molecular complexity index is 281. The van der Waals surface area contributed by atoms with Gasteiger partial charge in [-0.3, -0.25) is 0 Å². The Labute approximate surface area is 94.5 Å². The number of aromatic nitrogens is 1. The minimum absolute atomic E-state index is 0.150. The van der Waals surface area contributed by atoms with Gasteiger partial charge in [0, 0.05) is 36.7 Å². The summed E-state index contributed by atoms with van der Waals surface area (Å²) in [6, 6.07) is 0. The number of hydrogen-bond acceptors (Lipinski definition) is 4. The van der Waals surface area contributed by atoms with Gasteiger partial charge in [0.25, 0.3) is 0 Å². The first-order valence-electron chi connectivity index (χ1n) is 5.55. The minimum Gasteiger partial charge on any atom is -0.396 e. The van der Waals surface area contributed by atoms with Gasteiger partial charge < -0.3 is 10.4 Å². The van der Waals surface area contributed by atoms with Gasteiger partial charge in [0.05, 0.1) is 0 Å². The normalized spacial score (nSPS) is 19.5. The molecule has 4 heteroatoms. The van der Waals surface area contributed by atoms with E-state index in [-0.39, 0.29) is 5.41 Å². The van der Waals surface area contributed by atoms with Crippen molar-refractivity contribution in [2.75, 3.05) is 13.2 Å². The molecule has 1 aliphatic rings. The number of aliphatic hydroxyl groups is 1. The Balaban J connectivity index is 1.77. The van der Waals surface area contributed by atoms with Crippen molar-refractivity contribution in [1.29, 1.82) is 0 Å². The fourth-order valence-corrected chi connectivity index (χ4v) is 2.88. The van der Waals surface area contributed by atoms with Crippen molar-refractivity contribution < 1.29 is 5.11 Å². The third kappa shape index (κ3) is 2.77. The maximum Gasteiger partial charge on any atom is 0.106 e. The number of rotatable bonds is 5. The predicted molar refractivity (Wildman–Crippen MR) is 61.8 cm³/mol. The van der Waals surface area contributed by atoms with E-state index in [1.54, 1.807) is 11.3 Å². The molecule has 1 aromatic heterocycles. The fourth-order valence-electron chi connectivity index (χ4n) is 2.29. The van der Waals surface area contributed by atoms with Crippen molar-refractivity contribution in [2.24, 2.45) is 5.41 Å². The molecule has 15 heavy (non-hydrogen) atoms. The van der Waals surface area contributed by atoms with Gasteiger partial charge in [0.1, 0.15) is 5.01 Å². The highest BCUT2D eigenvalue weighted by molar-refractivity contribution is 7.09. The van der Waals surface area contributed by atoms with Crippen LogP contribution in [0.5, 0.6) is 0 Å². The van der Waals surface area contributed by atoms with Gasteiger partial charge >= 0.3 is 0 Å². The SMILES string of the molecule is OCC1(CNCc2nccs2)CCCC1. The van der Waals surface area contributed by atoms with E-state index < -0.39 is 0 Å². The van der Waals surface area contributed by atoms with E-state index >= 15 is 0 Å². The van der Waals surface area contributed by atoms with Crippen LogP contribution < -0.4 is 5.32 Å². The highest BCUT2D eigenvalue weighted by Crippen LogP contribution is 2.36. The van der Waals surface area contributed by atoms with E-state index in [4.69, 9.17) is 0 Å². The van der Waals surface area contributed by atoms with Crippen LogP contribution in [-0.2, 0) is 6.54 Å². The van der Waals surface area contributed by atoms with Crippen LogP contribution in [0.4, 0.5) is 0 Å². The summed E-state index contributed by atoms with van der Waals surface area (Å²) in [6.07, 6.45) is 6.68. The number of hydrogen-bond donors (Lipinski definition) is 2. The molecule has 0 aliphatic heterocycles. The molecule has 1 saturated carbocycles. The van der Waals surface area contributed by atoms with Crippen LogP contribution in [-0.4, -0.2) is 23.2 Å². The van der Waals surface area contributed by atoms with E-state index in [2.05, 4.69) is 10.3 Å². The third-order valence-electron chi connectivity index (χ3n) is 3.26. The Kier molecular flexibility index (Phi) is 3.72. The molecule has 1 aliphatic carbocycles. The Hall–Kier alpha value is -0.450. The molecular formula is C11H18N2OS. The molecule has 0 bridgehead atoms. The molecule has 2 rings (SSSR count). The van der Waals surface area contributed by atoms with Crippen LogP contribution in [0.3, 0.4) is 0 Å². The summed E-state index contributed by atoms with van der Waals surface area (Å²) in [5.74, 6) is 0. The van der Waals surface area contributed by atoms with Crippen LogP contribution in [0.15, 0.2) is 11.6 Å². The second-order valence-electron chi connectivity index (χ2n) is 4.39. The summed E-state index contributed by atoms with van der Waals surface area (Å²) in [6.45, 7) is 2.07. The van der Waals surface area contributed by atoms with E-state index in [1.807, 2.05) is 11.6 Å². The van der Waals surface area contributed by atoms with Crippen molar-refractivity contribution in [3.05, 3.63) is 16.6 Å². The maximum atomic E-state index is 9.42. The lowest BCUT2D eigenvalue weighted by molar-refractivity contribution is 0.128. The first kappa shape index (κ1) is 11.0. The van der Waals surface area contributed by atoms with E-state index in [9.17, 15) is 5.11 Å². The van der Waals surface area contributed by atoms with Crippen molar-refractivity contribution in [1.82, 2.24) is 10.3 Å². The second kappa shape index (κ2) is 5.05. The molecule has 0 unspecified atom stereocenters. The summed E-state index contributed by atoms with van der Waals surface area (Å²) in [7, 11) is 0. The molecule has 0 saturated heterocycles. The summed E-state index contributed by atoms with van der Waals surface area (Å²) < 4.78 is 0. The topological polar surface area (TPSA) is 45.1 Å². The second-order valence-corrected chi connectivity index (χ2v) is 5.37. The van der Waals surface area contributed by atoms with Gasteiger partial charge in [-0.1, -0.05) is 12.8 Å². The van der Waals surface area contributed by atoms with Crippen LogP contribution in [0, 0.1) is 5.41 Å². The Morgan fingerprint density at radius 3 is 2.87 bits per heavy atom. The smallest absolute Gasteiger partial charge is 0.106 e. The number of thiazole rings is 1. The molecule has 0 aromatic carbocycles. The van der Waals surface area contributed by atoms with E-state index in [0.29, 0.717) is 6.61 Å². The third-order valence-corrected chi connectivity index (χ3v) is 4.04. The van der Waals surface area contributed by atoms with Gasteiger partial charge in [0.2, 0.25) is 0 Å². The van der Waals surface area contributed by atoms with E-state index in [1.165, 1.54) is 12.8 Å². The number of nitrogens with zero attached hydrogens (tertiary/aromatic N) is 1. The van der Waals surface area contributed by atoms with Crippen molar-refractivity contribution in [3.8, 4) is 0 Å². The van der Waals surface area contributed by atoms with Gasteiger partial charge in [-0.15, -0.1) is 11.3 Å². The largest absolute Gasteiger partial charge is 0.396 e. The molecule has 3 nitrogen and oxygen atoms in total. The van der Waals surface area contributed by atoms with Gasteiger partial charge in [0.15, 0.2) is 0 Å². The monoisotopic (exact) mass is 226 g/mol. The molecular weight excluding hydrogens is 208 g/mol. The zero-order chi connectivity index (χ0) is 10.6. The summed E-state index contributed by atoms with van der Waals surface area (Å²) in [4.78, 5) is 4.22. The minimum atomic E-state index is 0.150. The average molecular weight is 226 g/mol. The molecule has 1 heterocycles. The molecule has 1 fully saturated rings. The van der Waals surface area contributed by atoms with Crippen LogP contribution in [0.25, 0.3) is 0 Å². The number of aliphatic hydroxyl groups excluding tert-OH is 1. The van der Waals surface area contributed by atoms with Crippen LogP contribution >= 0.6 is 11.3 Å². The lowest BCUT2D eigenvalue weighted by Crippen LogP contribution is -2.34. The molecule has 1 aromatic rings. The lowest BCUT2D eigenvalue weighted by atomic mass is 9.87. The van der Waals surface area contributed by atoms with Crippen molar-refractivity contribution >= 4 is 11.3 Å². The van der Waals surface area contributed by atoms with Gasteiger partial charge in [-0.2, -0.15) is 0 Å². The Morgan fingerprint density at radius 1 is 1.47 bits per heavy atom. The summed E-state index contributed by atoms with van der Waals surface area (Å²) in [5.41, 5.74) is 0.150. The molecule has 84 valence electrons. The highest BCUT2D eigenvalue weighted by Gasteiger charge is 2.32. The Morgan fingerprint density at radius 2 is 2.27 bits per heavy atom. The zero-order valence-electron chi connectivity index (χ0n) is 8.91. The van der Waals surface area contributed by atoms with Gasteiger partial charge in [-0.05, 0) is 12.8 Å². The van der Waals surface area contributed by atoms with E-state index in [0.717, 1.165) is 30.9 Å². The fraction of sp³-hybridized carbons (Fsp3) is 0.727. The number of nitrogens with one attached hydrogen (secondary N) is 1. The van der Waals surface area contributed by atoms with Crippen molar-refractivity contribution in [2.45, 2.75) is 32.2 Å². The quantitative estimate of drug-likeness (QED) is 0.804. The molecule has 2 N–H and O–H groups in total. The standard InChI is InChI=1S/C11H18N2OS/c14-9-11(3-1-2-4-11)8-12-7-10-13-5-6-15-10/h5-6,12,14H,1-4,7-9H2. The van der Waals surface area contributed by atoms with Gasteiger partial charge in [-0.25, -0.2) is 4.98 Å². The molecule has 0 radical (unpaired) electrons. The first-order valence-corrected chi connectivity index (χ1v) is 6.43. The molecule has 0 atom stereocenters. The summed E-state index contributed by atoms with van der Waals surface area (Å²) in [5, 5.41) is 16.0. The maximum absolute atomic E-state index is 9.42. The van der Waals surface area contributed by atoms with Crippen LogP contribution in [0.1, 0.15) is 30.7 Å². The highest BCUT2D eigenvalue weighted by atomic mass is 32.1.